The summed E-state index contributed by atoms with van der Waals surface area (Å²) < 4.78 is 5.40. The Morgan fingerprint density at radius 3 is 2.14 bits per heavy atom. The first-order valence-electron chi connectivity index (χ1n) is 10.5. The van der Waals surface area contributed by atoms with Crippen LogP contribution < -0.4 is 11.1 Å². The van der Waals surface area contributed by atoms with Crippen LogP contribution in [0.4, 0.5) is 0 Å². The van der Waals surface area contributed by atoms with Gasteiger partial charge in [-0.05, 0) is 48.6 Å². The number of hydrogen-bond donors (Lipinski definition) is 2. The number of carbonyl (C=O) groups is 2. The molecule has 2 atom stereocenters. The summed E-state index contributed by atoms with van der Waals surface area (Å²) in [4.78, 5) is 24.5. The lowest BCUT2D eigenvalue weighted by Crippen LogP contribution is -2.33. The van der Waals surface area contributed by atoms with Gasteiger partial charge in [-0.15, -0.1) is 0 Å². The number of hydrogen-bond acceptors (Lipinski definition) is 4. The molecule has 1 aromatic rings. The molecule has 1 amide bonds. The third-order valence-electron chi connectivity index (χ3n) is 4.70. The fourth-order valence-electron chi connectivity index (χ4n) is 3.46. The Bertz CT molecular complexity index is 572. The van der Waals surface area contributed by atoms with E-state index in [2.05, 4.69) is 33.0 Å². The molecule has 0 saturated carbocycles. The Hall–Kier alpha value is -1.88. The number of nitrogens with one attached hydrogen (secondary N) is 1. The molecule has 5 heteroatoms. The van der Waals surface area contributed by atoms with E-state index in [0.29, 0.717) is 37.8 Å². The van der Waals surface area contributed by atoms with Gasteiger partial charge in [0.2, 0.25) is 5.91 Å². The number of carbonyl (C=O) groups excluding carboxylic acids is 2. The smallest absolute Gasteiger partial charge is 0.306 e. The SMILES string of the molecule is CC(C)CC(CN)CC(=O)NCC(CC(=O)OCc1ccccc1)CC(C)C. The summed E-state index contributed by atoms with van der Waals surface area (Å²) in [7, 11) is 0. The Kier molecular flexibility index (Phi) is 11.5. The largest absolute Gasteiger partial charge is 0.461 e. The highest BCUT2D eigenvalue weighted by molar-refractivity contribution is 5.76. The summed E-state index contributed by atoms with van der Waals surface area (Å²) >= 11 is 0. The molecule has 2 unspecified atom stereocenters. The van der Waals surface area contributed by atoms with Crippen molar-refractivity contribution >= 4 is 11.9 Å². The van der Waals surface area contributed by atoms with Crippen LogP contribution in [0.1, 0.15) is 58.9 Å². The van der Waals surface area contributed by atoms with Crippen molar-refractivity contribution in [2.75, 3.05) is 13.1 Å². The van der Waals surface area contributed by atoms with Crippen molar-refractivity contribution in [3.8, 4) is 0 Å². The maximum Gasteiger partial charge on any atom is 0.306 e. The fraction of sp³-hybridized carbons (Fsp3) is 0.652. The first-order valence-corrected chi connectivity index (χ1v) is 10.5. The molecule has 0 aliphatic heterocycles. The van der Waals surface area contributed by atoms with Crippen molar-refractivity contribution in [2.45, 2.75) is 60.0 Å². The van der Waals surface area contributed by atoms with Crippen LogP contribution in [0.15, 0.2) is 30.3 Å². The normalized spacial score (nSPS) is 13.4. The molecule has 3 N–H and O–H groups in total. The van der Waals surface area contributed by atoms with E-state index in [9.17, 15) is 9.59 Å². The van der Waals surface area contributed by atoms with Gasteiger partial charge in [0.25, 0.3) is 0 Å². The minimum atomic E-state index is -0.219. The van der Waals surface area contributed by atoms with E-state index < -0.39 is 0 Å². The first kappa shape index (κ1) is 24.2. The van der Waals surface area contributed by atoms with Crippen LogP contribution in [0.3, 0.4) is 0 Å². The summed E-state index contributed by atoms with van der Waals surface area (Å²) in [5.74, 6) is 1.05. The summed E-state index contributed by atoms with van der Waals surface area (Å²) in [5, 5.41) is 3.00. The Balaban J connectivity index is 2.46. The Labute approximate surface area is 170 Å². The topological polar surface area (TPSA) is 81.4 Å². The predicted molar refractivity (Wildman–Crippen MR) is 113 cm³/mol. The molecule has 0 heterocycles. The van der Waals surface area contributed by atoms with E-state index in [0.717, 1.165) is 18.4 Å². The summed E-state index contributed by atoms with van der Waals surface area (Å²) in [6.45, 7) is 9.83. The number of rotatable bonds is 13. The molecule has 0 aliphatic carbocycles. The second kappa shape index (κ2) is 13.3. The number of nitrogens with two attached hydrogens (primary N) is 1. The lowest BCUT2D eigenvalue weighted by molar-refractivity contribution is -0.146. The average Bonchev–Trinajstić information content (AvgIpc) is 2.64. The standard InChI is InChI=1S/C23H38N2O3/c1-17(2)10-20(14-24)12-22(26)25-15-21(11-18(3)4)13-23(27)28-16-19-8-6-5-7-9-19/h5-9,17-18,20-21H,10-16,24H2,1-4H3,(H,25,26). The van der Waals surface area contributed by atoms with Gasteiger partial charge < -0.3 is 15.8 Å². The van der Waals surface area contributed by atoms with Gasteiger partial charge in [0, 0.05) is 13.0 Å². The summed E-state index contributed by atoms with van der Waals surface area (Å²) in [6.07, 6.45) is 2.58. The number of amides is 1. The van der Waals surface area contributed by atoms with E-state index >= 15 is 0 Å². The molecule has 158 valence electrons. The van der Waals surface area contributed by atoms with Gasteiger partial charge >= 0.3 is 5.97 Å². The number of esters is 1. The third kappa shape index (κ3) is 11.1. The van der Waals surface area contributed by atoms with E-state index in [-0.39, 0.29) is 30.3 Å². The van der Waals surface area contributed by atoms with Crippen molar-refractivity contribution in [3.05, 3.63) is 35.9 Å². The van der Waals surface area contributed by atoms with Crippen LogP contribution in [0.2, 0.25) is 0 Å². The van der Waals surface area contributed by atoms with Crippen molar-refractivity contribution < 1.29 is 14.3 Å². The molecule has 0 bridgehead atoms. The van der Waals surface area contributed by atoms with Crippen molar-refractivity contribution in [1.82, 2.24) is 5.32 Å². The summed E-state index contributed by atoms with van der Waals surface area (Å²) in [6, 6.07) is 9.65. The minimum Gasteiger partial charge on any atom is -0.461 e. The monoisotopic (exact) mass is 390 g/mol. The molecular formula is C23H38N2O3. The van der Waals surface area contributed by atoms with Crippen molar-refractivity contribution in [1.29, 1.82) is 0 Å². The second-order valence-corrected chi connectivity index (χ2v) is 8.59. The minimum absolute atomic E-state index is 0.0162. The van der Waals surface area contributed by atoms with E-state index in [1.54, 1.807) is 0 Å². The van der Waals surface area contributed by atoms with Crippen LogP contribution in [0, 0.1) is 23.7 Å². The van der Waals surface area contributed by atoms with E-state index in [4.69, 9.17) is 10.5 Å². The average molecular weight is 391 g/mol. The Morgan fingerprint density at radius 1 is 0.964 bits per heavy atom. The van der Waals surface area contributed by atoms with Crippen LogP contribution >= 0.6 is 0 Å². The number of benzene rings is 1. The zero-order valence-corrected chi connectivity index (χ0v) is 17.9. The van der Waals surface area contributed by atoms with Gasteiger partial charge in [-0.3, -0.25) is 9.59 Å². The molecule has 0 aliphatic rings. The van der Waals surface area contributed by atoms with Crippen LogP contribution in [0.5, 0.6) is 0 Å². The lowest BCUT2D eigenvalue weighted by Gasteiger charge is -2.21. The van der Waals surface area contributed by atoms with Gasteiger partial charge in [0.15, 0.2) is 0 Å². The zero-order valence-electron chi connectivity index (χ0n) is 17.9. The van der Waals surface area contributed by atoms with E-state index in [1.165, 1.54) is 0 Å². The molecule has 0 radical (unpaired) electrons. The molecular weight excluding hydrogens is 352 g/mol. The van der Waals surface area contributed by atoms with Crippen LogP contribution in [-0.2, 0) is 20.9 Å². The zero-order chi connectivity index (χ0) is 20.9. The number of ether oxygens (including phenoxy) is 1. The van der Waals surface area contributed by atoms with Crippen molar-refractivity contribution in [3.63, 3.8) is 0 Å². The van der Waals surface area contributed by atoms with Gasteiger partial charge in [-0.2, -0.15) is 0 Å². The third-order valence-corrected chi connectivity index (χ3v) is 4.70. The second-order valence-electron chi connectivity index (χ2n) is 8.59. The van der Waals surface area contributed by atoms with Crippen LogP contribution in [0.25, 0.3) is 0 Å². The maximum atomic E-state index is 12.3. The molecule has 0 fully saturated rings. The molecule has 1 aromatic carbocycles. The van der Waals surface area contributed by atoms with Crippen molar-refractivity contribution in [2.24, 2.45) is 29.4 Å². The van der Waals surface area contributed by atoms with Gasteiger partial charge in [0.1, 0.15) is 6.61 Å². The highest BCUT2D eigenvalue weighted by Gasteiger charge is 2.19. The molecule has 1 rings (SSSR count). The molecule has 28 heavy (non-hydrogen) atoms. The van der Waals surface area contributed by atoms with Gasteiger partial charge in [-0.1, -0.05) is 58.0 Å². The summed E-state index contributed by atoms with van der Waals surface area (Å²) in [5.41, 5.74) is 6.77. The van der Waals surface area contributed by atoms with E-state index in [1.807, 2.05) is 30.3 Å². The molecule has 0 saturated heterocycles. The maximum absolute atomic E-state index is 12.3. The highest BCUT2D eigenvalue weighted by Crippen LogP contribution is 2.17. The molecule has 0 spiro atoms. The predicted octanol–water partition coefficient (Wildman–Crippen LogP) is 3.91. The van der Waals surface area contributed by atoms with Gasteiger partial charge in [-0.25, -0.2) is 0 Å². The first-order chi connectivity index (χ1) is 13.3. The fourth-order valence-corrected chi connectivity index (χ4v) is 3.46. The van der Waals surface area contributed by atoms with Crippen LogP contribution in [-0.4, -0.2) is 25.0 Å². The highest BCUT2D eigenvalue weighted by atomic mass is 16.5. The lowest BCUT2D eigenvalue weighted by atomic mass is 9.92. The molecule has 5 nitrogen and oxygen atoms in total. The Morgan fingerprint density at radius 2 is 1.57 bits per heavy atom. The molecule has 0 aromatic heterocycles. The van der Waals surface area contributed by atoms with Gasteiger partial charge in [0.05, 0.1) is 6.42 Å². The quantitative estimate of drug-likeness (QED) is 0.500.